The van der Waals surface area contributed by atoms with E-state index in [0.29, 0.717) is 35.5 Å². The van der Waals surface area contributed by atoms with Crippen molar-refractivity contribution in [2.24, 2.45) is 0 Å². The Morgan fingerprint density at radius 3 is 2.59 bits per heavy atom. The van der Waals surface area contributed by atoms with E-state index in [4.69, 9.17) is 9.47 Å². The molecule has 4 rings (SSSR count). The number of rotatable bonds is 10. The highest BCUT2D eigenvalue weighted by Gasteiger charge is 2.16. The first-order valence-electron chi connectivity index (χ1n) is 10.9. The minimum Gasteiger partial charge on any atom is -0.455 e. The number of aryl methyl sites for hydroxylation is 1. The van der Waals surface area contributed by atoms with Gasteiger partial charge in [0.25, 0.3) is 0 Å². The zero-order chi connectivity index (χ0) is 23.8. The lowest BCUT2D eigenvalue weighted by molar-refractivity contribution is -0.113. The fourth-order valence-corrected chi connectivity index (χ4v) is 4.13. The topological polar surface area (TPSA) is 78.3 Å². The highest BCUT2D eigenvalue weighted by Crippen LogP contribution is 2.30. The molecule has 174 valence electrons. The van der Waals surface area contributed by atoms with Gasteiger partial charge in [-0.05, 0) is 37.3 Å². The molecule has 0 bridgehead atoms. The summed E-state index contributed by atoms with van der Waals surface area (Å²) >= 11 is 1.34. The third kappa shape index (κ3) is 6.03. The molecule has 0 spiro atoms. The number of thioether (sulfide) groups is 1. The van der Waals surface area contributed by atoms with Gasteiger partial charge in [0, 0.05) is 12.7 Å². The number of nitrogens with one attached hydrogen (secondary N) is 1. The van der Waals surface area contributed by atoms with Gasteiger partial charge >= 0.3 is 0 Å². The second-order valence-corrected chi connectivity index (χ2v) is 8.51. The Morgan fingerprint density at radius 1 is 1.00 bits per heavy atom. The van der Waals surface area contributed by atoms with Crippen LogP contribution in [0.4, 0.5) is 5.69 Å². The van der Waals surface area contributed by atoms with E-state index in [2.05, 4.69) is 21.6 Å². The predicted molar refractivity (Wildman–Crippen MR) is 134 cm³/mol. The number of hydrogen-bond acceptors (Lipinski definition) is 6. The van der Waals surface area contributed by atoms with E-state index in [0.717, 1.165) is 17.0 Å². The molecule has 4 aromatic rings. The molecule has 0 saturated carbocycles. The monoisotopic (exact) mass is 474 g/mol. The Labute approximate surface area is 203 Å². The summed E-state index contributed by atoms with van der Waals surface area (Å²) in [5.41, 5.74) is 2.73. The minimum atomic E-state index is -0.160. The highest BCUT2D eigenvalue weighted by molar-refractivity contribution is 7.99. The van der Waals surface area contributed by atoms with Crippen LogP contribution >= 0.6 is 11.8 Å². The number of nitrogens with zero attached hydrogens (tertiary/aromatic N) is 3. The van der Waals surface area contributed by atoms with Gasteiger partial charge in [0.2, 0.25) is 5.91 Å². The third-order valence-corrected chi connectivity index (χ3v) is 5.94. The molecule has 1 aromatic heterocycles. The first-order chi connectivity index (χ1) is 16.6. The molecule has 34 heavy (non-hydrogen) atoms. The number of methoxy groups -OCH3 is 1. The van der Waals surface area contributed by atoms with Crippen molar-refractivity contribution in [2.45, 2.75) is 18.6 Å². The van der Waals surface area contributed by atoms with Gasteiger partial charge in [-0.25, -0.2) is 0 Å². The van der Waals surface area contributed by atoms with Gasteiger partial charge in [-0.3, -0.25) is 9.36 Å². The highest BCUT2D eigenvalue weighted by atomic mass is 32.2. The lowest BCUT2D eigenvalue weighted by atomic mass is 10.1. The van der Waals surface area contributed by atoms with Crippen LogP contribution in [0.1, 0.15) is 5.56 Å². The summed E-state index contributed by atoms with van der Waals surface area (Å²) in [6.07, 6.45) is 0. The Bertz CT molecular complexity index is 1240. The van der Waals surface area contributed by atoms with Crippen LogP contribution in [0.2, 0.25) is 0 Å². The Kier molecular flexibility index (Phi) is 7.95. The second-order valence-electron chi connectivity index (χ2n) is 7.57. The van der Waals surface area contributed by atoms with Crippen LogP contribution < -0.4 is 10.1 Å². The molecule has 0 aliphatic carbocycles. The molecule has 0 fully saturated rings. The van der Waals surface area contributed by atoms with Crippen LogP contribution in [0.5, 0.6) is 11.5 Å². The quantitative estimate of drug-likeness (QED) is 0.309. The standard InChI is InChI=1S/C26H26N4O3S/c1-19-9-8-10-20(17-19)25-28-29-26(30(25)15-16-32-2)34-18-24(31)27-22-13-6-7-14-23(22)33-21-11-4-3-5-12-21/h3-14,17H,15-16,18H2,1-2H3,(H,27,31). The second kappa shape index (κ2) is 11.5. The molecule has 0 radical (unpaired) electrons. The molecule has 0 unspecified atom stereocenters. The van der Waals surface area contributed by atoms with Crippen molar-refractivity contribution in [2.75, 3.05) is 24.8 Å². The summed E-state index contributed by atoms with van der Waals surface area (Å²) < 4.78 is 13.2. The molecule has 1 heterocycles. The van der Waals surface area contributed by atoms with Gasteiger partial charge in [0.15, 0.2) is 16.7 Å². The first-order valence-corrected chi connectivity index (χ1v) is 11.9. The summed E-state index contributed by atoms with van der Waals surface area (Å²) in [6.45, 7) is 3.14. The fourth-order valence-electron chi connectivity index (χ4n) is 3.37. The number of benzene rings is 3. The van der Waals surface area contributed by atoms with Gasteiger partial charge < -0.3 is 14.8 Å². The van der Waals surface area contributed by atoms with E-state index in [1.807, 2.05) is 84.3 Å². The Balaban J connectivity index is 1.45. The largest absolute Gasteiger partial charge is 0.455 e. The number of hydrogen-bond donors (Lipinski definition) is 1. The number of carbonyl (C=O) groups is 1. The summed E-state index contributed by atoms with van der Waals surface area (Å²) in [5.74, 6) is 2.06. The molecule has 0 saturated heterocycles. The summed E-state index contributed by atoms with van der Waals surface area (Å²) in [7, 11) is 1.66. The number of aromatic nitrogens is 3. The molecule has 7 nitrogen and oxygen atoms in total. The molecular formula is C26H26N4O3S. The van der Waals surface area contributed by atoms with E-state index >= 15 is 0 Å². The van der Waals surface area contributed by atoms with Gasteiger partial charge in [-0.2, -0.15) is 0 Å². The van der Waals surface area contributed by atoms with E-state index < -0.39 is 0 Å². The maximum Gasteiger partial charge on any atom is 0.234 e. The molecule has 0 atom stereocenters. The average molecular weight is 475 g/mol. The molecule has 0 aliphatic rings. The number of ether oxygens (including phenoxy) is 2. The van der Waals surface area contributed by atoms with Crippen molar-refractivity contribution >= 4 is 23.4 Å². The maximum atomic E-state index is 12.8. The Morgan fingerprint density at radius 2 is 1.79 bits per heavy atom. The van der Waals surface area contributed by atoms with Crippen molar-refractivity contribution in [3.8, 4) is 22.9 Å². The summed E-state index contributed by atoms with van der Waals surface area (Å²) in [5, 5.41) is 12.3. The van der Waals surface area contributed by atoms with Crippen molar-refractivity contribution in [3.63, 3.8) is 0 Å². The van der Waals surface area contributed by atoms with Crippen molar-refractivity contribution in [1.82, 2.24) is 14.8 Å². The van der Waals surface area contributed by atoms with E-state index in [1.54, 1.807) is 7.11 Å². The molecule has 8 heteroatoms. The van der Waals surface area contributed by atoms with Crippen LogP contribution in [0.15, 0.2) is 84.0 Å². The average Bonchev–Trinajstić information content (AvgIpc) is 3.26. The zero-order valence-corrected chi connectivity index (χ0v) is 19.9. The van der Waals surface area contributed by atoms with E-state index in [1.165, 1.54) is 11.8 Å². The van der Waals surface area contributed by atoms with Crippen molar-refractivity contribution < 1.29 is 14.3 Å². The van der Waals surface area contributed by atoms with Crippen LogP contribution in [-0.4, -0.2) is 40.1 Å². The van der Waals surface area contributed by atoms with Gasteiger partial charge in [0.1, 0.15) is 5.75 Å². The minimum absolute atomic E-state index is 0.160. The molecule has 1 amide bonds. The summed E-state index contributed by atoms with van der Waals surface area (Å²) in [6, 6.07) is 24.9. The van der Waals surface area contributed by atoms with Crippen LogP contribution in [0.3, 0.4) is 0 Å². The Hall–Kier alpha value is -3.62. The van der Waals surface area contributed by atoms with Crippen LogP contribution in [0.25, 0.3) is 11.4 Å². The lowest BCUT2D eigenvalue weighted by Gasteiger charge is -2.12. The number of anilines is 1. The molecule has 3 aromatic carbocycles. The fraction of sp³-hybridized carbons (Fsp3) is 0.192. The third-order valence-electron chi connectivity index (χ3n) is 4.98. The predicted octanol–water partition coefficient (Wildman–Crippen LogP) is 5.42. The van der Waals surface area contributed by atoms with Gasteiger partial charge in [-0.1, -0.05) is 65.9 Å². The first kappa shape index (κ1) is 23.5. The maximum absolute atomic E-state index is 12.8. The zero-order valence-electron chi connectivity index (χ0n) is 19.1. The molecule has 0 aliphatic heterocycles. The molecule has 1 N–H and O–H groups in total. The SMILES string of the molecule is COCCn1c(SCC(=O)Nc2ccccc2Oc2ccccc2)nnc1-c1cccc(C)c1. The molecular weight excluding hydrogens is 448 g/mol. The number of carbonyl (C=O) groups excluding carboxylic acids is 1. The van der Waals surface area contributed by atoms with Crippen LogP contribution in [-0.2, 0) is 16.1 Å². The van der Waals surface area contributed by atoms with Crippen LogP contribution in [0, 0.1) is 6.92 Å². The van der Waals surface area contributed by atoms with E-state index in [9.17, 15) is 4.79 Å². The van der Waals surface area contributed by atoms with Gasteiger partial charge in [-0.15, -0.1) is 10.2 Å². The van der Waals surface area contributed by atoms with Crippen molar-refractivity contribution in [3.05, 3.63) is 84.4 Å². The number of para-hydroxylation sites is 3. The number of amides is 1. The van der Waals surface area contributed by atoms with Crippen molar-refractivity contribution in [1.29, 1.82) is 0 Å². The summed E-state index contributed by atoms with van der Waals surface area (Å²) in [4.78, 5) is 12.8. The normalized spacial score (nSPS) is 10.8. The smallest absolute Gasteiger partial charge is 0.234 e. The van der Waals surface area contributed by atoms with E-state index in [-0.39, 0.29) is 11.7 Å². The lowest BCUT2D eigenvalue weighted by Crippen LogP contribution is -2.15. The van der Waals surface area contributed by atoms with Gasteiger partial charge in [0.05, 0.1) is 24.6 Å².